The van der Waals surface area contributed by atoms with Gasteiger partial charge in [0.2, 0.25) is 5.78 Å². The van der Waals surface area contributed by atoms with E-state index in [0.717, 1.165) is 4.90 Å². The van der Waals surface area contributed by atoms with Crippen molar-refractivity contribution in [1.29, 1.82) is 0 Å². The van der Waals surface area contributed by atoms with Crippen molar-refractivity contribution in [2.75, 3.05) is 13.7 Å². The number of carbonyl (C=O) groups excluding carboxylic acids is 4. The van der Waals surface area contributed by atoms with Crippen LogP contribution in [0.1, 0.15) is 64.9 Å². The standard InChI is InChI=1S/C24H29N3O6/c1-7-24(16-9-11-17(32-6)12-10-16)22(30)27(23(31)26-24)15(5)20(28)19-13(3)18(14(4)25-19)21(29)33-8-2/h9-12,15,25H,7-8H2,1-6H3,(H,26,31)/t15-,24-/m0/s1. The maximum Gasteiger partial charge on any atom is 0.340 e. The Morgan fingerprint density at radius 2 is 1.76 bits per heavy atom. The number of aromatic nitrogens is 1. The SMILES string of the molecule is CCOC(=O)c1c(C)[nH]c(C(=O)[C@H](C)N2C(=O)N[C@@](CC)(c3ccc(OC)cc3)C2=O)c1C. The molecule has 0 aliphatic carbocycles. The highest BCUT2D eigenvalue weighted by Gasteiger charge is 2.53. The molecular formula is C24H29N3O6. The molecule has 0 saturated carbocycles. The van der Waals surface area contributed by atoms with Crippen molar-refractivity contribution < 1.29 is 28.7 Å². The fourth-order valence-electron chi connectivity index (χ4n) is 4.29. The minimum absolute atomic E-state index is 0.169. The van der Waals surface area contributed by atoms with Crippen molar-refractivity contribution >= 4 is 23.7 Å². The van der Waals surface area contributed by atoms with Crippen LogP contribution in [-0.2, 0) is 15.1 Å². The number of benzene rings is 1. The number of imide groups is 1. The first-order valence-corrected chi connectivity index (χ1v) is 10.8. The van der Waals surface area contributed by atoms with Gasteiger partial charge < -0.3 is 19.8 Å². The molecule has 0 spiro atoms. The van der Waals surface area contributed by atoms with E-state index in [1.54, 1.807) is 59.1 Å². The summed E-state index contributed by atoms with van der Waals surface area (Å²) in [5.41, 5.74) is 0.677. The number of aryl methyl sites for hydroxylation is 1. The van der Waals surface area contributed by atoms with Crippen LogP contribution in [0.25, 0.3) is 0 Å². The number of Topliss-reactive ketones (excluding diaryl/α,β-unsaturated/α-hetero) is 1. The molecule has 1 aliphatic rings. The van der Waals surface area contributed by atoms with Gasteiger partial charge in [0.25, 0.3) is 5.91 Å². The molecule has 9 heteroatoms. The fraction of sp³-hybridized carbons (Fsp3) is 0.417. The Bertz CT molecular complexity index is 1100. The van der Waals surface area contributed by atoms with Gasteiger partial charge >= 0.3 is 12.0 Å². The van der Waals surface area contributed by atoms with Gasteiger partial charge in [-0.25, -0.2) is 9.59 Å². The maximum absolute atomic E-state index is 13.5. The molecule has 0 unspecified atom stereocenters. The molecule has 2 aromatic rings. The lowest BCUT2D eigenvalue weighted by atomic mass is 9.87. The monoisotopic (exact) mass is 455 g/mol. The van der Waals surface area contributed by atoms with Crippen LogP contribution >= 0.6 is 0 Å². The number of esters is 1. The second-order valence-electron chi connectivity index (χ2n) is 7.98. The van der Waals surface area contributed by atoms with Gasteiger partial charge in [-0.05, 0) is 57.4 Å². The van der Waals surface area contributed by atoms with Gasteiger partial charge in [0, 0.05) is 5.69 Å². The highest BCUT2D eigenvalue weighted by molar-refractivity contribution is 6.13. The lowest BCUT2D eigenvalue weighted by Crippen LogP contribution is -2.46. The van der Waals surface area contributed by atoms with Gasteiger partial charge in [0.15, 0.2) is 0 Å². The Hall–Kier alpha value is -3.62. The highest BCUT2D eigenvalue weighted by atomic mass is 16.5. The summed E-state index contributed by atoms with van der Waals surface area (Å²) in [6.45, 7) is 8.50. The topological polar surface area (TPSA) is 118 Å². The molecule has 3 amide bonds. The van der Waals surface area contributed by atoms with E-state index in [0.29, 0.717) is 29.0 Å². The second kappa shape index (κ2) is 9.09. The number of aromatic amines is 1. The quantitative estimate of drug-likeness (QED) is 0.358. The van der Waals surface area contributed by atoms with Crippen molar-refractivity contribution in [2.24, 2.45) is 0 Å². The van der Waals surface area contributed by atoms with E-state index in [1.165, 1.54) is 6.92 Å². The van der Waals surface area contributed by atoms with Crippen molar-refractivity contribution in [3.63, 3.8) is 0 Å². The molecule has 1 aromatic heterocycles. The van der Waals surface area contributed by atoms with Crippen molar-refractivity contribution in [2.45, 2.75) is 52.6 Å². The molecule has 33 heavy (non-hydrogen) atoms. The van der Waals surface area contributed by atoms with Crippen LogP contribution in [0, 0.1) is 13.8 Å². The number of urea groups is 1. The summed E-state index contributed by atoms with van der Waals surface area (Å²) >= 11 is 0. The zero-order chi connectivity index (χ0) is 24.5. The molecule has 3 rings (SSSR count). The number of carbonyl (C=O) groups is 4. The first kappa shape index (κ1) is 24.0. The number of nitrogens with zero attached hydrogens (tertiary/aromatic N) is 1. The van der Waals surface area contributed by atoms with Crippen LogP contribution in [0.2, 0.25) is 0 Å². The third-order valence-corrected chi connectivity index (χ3v) is 6.17. The molecule has 2 heterocycles. The van der Waals surface area contributed by atoms with E-state index >= 15 is 0 Å². The number of H-pyrrole nitrogens is 1. The summed E-state index contributed by atoms with van der Waals surface area (Å²) in [4.78, 5) is 56.0. The van der Waals surface area contributed by atoms with E-state index in [1.807, 2.05) is 0 Å². The first-order valence-electron chi connectivity index (χ1n) is 10.8. The minimum atomic E-state index is -1.28. The van der Waals surface area contributed by atoms with E-state index in [4.69, 9.17) is 9.47 Å². The molecule has 176 valence electrons. The van der Waals surface area contributed by atoms with E-state index < -0.39 is 35.3 Å². The summed E-state index contributed by atoms with van der Waals surface area (Å²) in [5, 5.41) is 2.78. The van der Waals surface area contributed by atoms with Gasteiger partial charge in [0.1, 0.15) is 17.3 Å². The number of hydrogen-bond acceptors (Lipinski definition) is 6. The molecule has 9 nitrogen and oxygen atoms in total. The third kappa shape index (κ3) is 3.88. The van der Waals surface area contributed by atoms with Crippen molar-refractivity contribution in [3.05, 3.63) is 52.3 Å². The molecule has 1 aromatic carbocycles. The Balaban J connectivity index is 1.94. The summed E-state index contributed by atoms with van der Waals surface area (Å²) in [6.07, 6.45) is 0.301. The smallest absolute Gasteiger partial charge is 0.340 e. The summed E-state index contributed by atoms with van der Waals surface area (Å²) < 4.78 is 10.3. The number of ether oxygens (including phenoxy) is 2. The molecular weight excluding hydrogens is 426 g/mol. The van der Waals surface area contributed by atoms with Crippen LogP contribution in [-0.4, -0.2) is 53.3 Å². The van der Waals surface area contributed by atoms with Gasteiger partial charge in [-0.2, -0.15) is 0 Å². The molecule has 2 N–H and O–H groups in total. The van der Waals surface area contributed by atoms with Gasteiger partial charge in [-0.15, -0.1) is 0 Å². The molecule has 0 bridgehead atoms. The normalized spacial score (nSPS) is 18.8. The summed E-state index contributed by atoms with van der Waals surface area (Å²) in [6, 6.07) is 5.14. The minimum Gasteiger partial charge on any atom is -0.497 e. The summed E-state index contributed by atoms with van der Waals surface area (Å²) in [7, 11) is 1.54. The number of ketones is 1. The van der Waals surface area contributed by atoms with Crippen LogP contribution < -0.4 is 10.1 Å². The molecule has 1 fully saturated rings. The van der Waals surface area contributed by atoms with Crippen LogP contribution in [0.3, 0.4) is 0 Å². The Labute approximate surface area is 192 Å². The van der Waals surface area contributed by atoms with Crippen LogP contribution in [0.15, 0.2) is 24.3 Å². The van der Waals surface area contributed by atoms with Crippen molar-refractivity contribution in [1.82, 2.24) is 15.2 Å². The number of amides is 3. The lowest BCUT2D eigenvalue weighted by molar-refractivity contribution is -0.132. The average Bonchev–Trinajstić information content (AvgIpc) is 3.24. The van der Waals surface area contributed by atoms with Gasteiger partial charge in [0.05, 0.1) is 25.0 Å². The Morgan fingerprint density at radius 3 is 2.30 bits per heavy atom. The molecule has 0 radical (unpaired) electrons. The number of methoxy groups -OCH3 is 1. The predicted molar refractivity (Wildman–Crippen MR) is 120 cm³/mol. The zero-order valence-corrected chi connectivity index (χ0v) is 19.7. The number of nitrogens with one attached hydrogen (secondary N) is 2. The third-order valence-electron chi connectivity index (χ3n) is 6.17. The average molecular weight is 456 g/mol. The first-order chi connectivity index (χ1) is 15.6. The van der Waals surface area contributed by atoms with Crippen molar-refractivity contribution in [3.8, 4) is 5.75 Å². The predicted octanol–water partition coefficient (Wildman–Crippen LogP) is 3.25. The van der Waals surface area contributed by atoms with Gasteiger partial charge in [-0.1, -0.05) is 19.1 Å². The van der Waals surface area contributed by atoms with Crippen LogP contribution in [0.5, 0.6) is 5.75 Å². The Morgan fingerprint density at radius 1 is 1.12 bits per heavy atom. The molecule has 2 atom stereocenters. The molecule has 1 aliphatic heterocycles. The lowest BCUT2D eigenvalue weighted by Gasteiger charge is -2.27. The number of rotatable bonds is 8. The summed E-state index contributed by atoms with van der Waals surface area (Å²) in [5.74, 6) is -0.893. The zero-order valence-electron chi connectivity index (χ0n) is 19.7. The molecule has 1 saturated heterocycles. The largest absolute Gasteiger partial charge is 0.497 e. The maximum atomic E-state index is 13.5. The fourth-order valence-corrected chi connectivity index (χ4v) is 4.29. The van der Waals surface area contributed by atoms with E-state index in [-0.39, 0.29) is 17.9 Å². The van der Waals surface area contributed by atoms with E-state index in [2.05, 4.69) is 10.3 Å². The highest BCUT2D eigenvalue weighted by Crippen LogP contribution is 2.35. The second-order valence-corrected chi connectivity index (χ2v) is 7.98. The van der Waals surface area contributed by atoms with Crippen LogP contribution in [0.4, 0.5) is 4.79 Å². The Kier molecular flexibility index (Phi) is 6.62. The van der Waals surface area contributed by atoms with E-state index in [9.17, 15) is 19.2 Å². The van der Waals surface area contributed by atoms with Gasteiger partial charge in [-0.3, -0.25) is 14.5 Å². The number of hydrogen-bond donors (Lipinski definition) is 2.